The van der Waals surface area contributed by atoms with Gasteiger partial charge in [0.25, 0.3) is 0 Å². The molecule has 144 valence electrons. The first-order valence-corrected chi connectivity index (χ1v) is 9.34. The summed E-state index contributed by atoms with van der Waals surface area (Å²) in [6.45, 7) is 4.48. The molecule has 0 fully saturated rings. The highest BCUT2D eigenvalue weighted by atomic mass is 16.2. The number of aromatic nitrogens is 1. The van der Waals surface area contributed by atoms with Crippen LogP contribution in [-0.4, -0.2) is 41.2 Å². The van der Waals surface area contributed by atoms with Gasteiger partial charge < -0.3 is 5.32 Å². The standard InChI is InChI=1S/C21H23N5O2/c1-21(2)13-17(24-25(3)19(21)27)14-6-8-16(9-7-14)23-20(28)26-12-10-15-5-4-11-22-18(15)26/h4-9,11H,10,12-13H2,1-3H3,(H,23,28). The number of urea groups is 1. The van der Waals surface area contributed by atoms with E-state index in [0.29, 0.717) is 18.7 Å². The zero-order valence-corrected chi connectivity index (χ0v) is 16.3. The molecular weight excluding hydrogens is 354 g/mol. The summed E-state index contributed by atoms with van der Waals surface area (Å²) >= 11 is 0. The molecule has 4 rings (SSSR count). The van der Waals surface area contributed by atoms with Crippen molar-refractivity contribution in [3.63, 3.8) is 0 Å². The number of pyridine rings is 1. The molecule has 2 aromatic rings. The van der Waals surface area contributed by atoms with Crippen LogP contribution in [-0.2, 0) is 11.2 Å². The van der Waals surface area contributed by atoms with Gasteiger partial charge in [-0.15, -0.1) is 0 Å². The molecule has 0 unspecified atom stereocenters. The highest BCUT2D eigenvalue weighted by Gasteiger charge is 2.36. The molecule has 2 aliphatic heterocycles. The quantitative estimate of drug-likeness (QED) is 0.872. The maximum Gasteiger partial charge on any atom is 0.327 e. The molecule has 28 heavy (non-hydrogen) atoms. The van der Waals surface area contributed by atoms with Crippen molar-refractivity contribution in [3.8, 4) is 0 Å². The lowest BCUT2D eigenvalue weighted by Gasteiger charge is -2.32. The SMILES string of the molecule is CN1N=C(c2ccc(NC(=O)N3CCc4cccnc43)cc2)CC(C)(C)C1=O. The van der Waals surface area contributed by atoms with Gasteiger partial charge in [-0.05, 0) is 35.7 Å². The number of hydrogen-bond donors (Lipinski definition) is 1. The molecule has 7 nitrogen and oxygen atoms in total. The molecule has 0 bridgehead atoms. The number of fused-ring (bicyclic) bond motifs is 1. The highest BCUT2D eigenvalue weighted by Crippen LogP contribution is 2.30. The minimum absolute atomic E-state index is 0.0136. The average Bonchev–Trinajstić information content (AvgIpc) is 3.10. The van der Waals surface area contributed by atoms with Gasteiger partial charge in [0, 0.05) is 31.9 Å². The number of anilines is 2. The fourth-order valence-electron chi connectivity index (χ4n) is 3.70. The summed E-state index contributed by atoms with van der Waals surface area (Å²) in [5.41, 5.74) is 3.12. The molecule has 0 aliphatic carbocycles. The lowest BCUT2D eigenvalue weighted by atomic mass is 9.83. The molecule has 0 saturated carbocycles. The van der Waals surface area contributed by atoms with Gasteiger partial charge in [0.2, 0.25) is 5.91 Å². The van der Waals surface area contributed by atoms with Crippen molar-refractivity contribution in [1.29, 1.82) is 0 Å². The lowest BCUT2D eigenvalue weighted by Crippen LogP contribution is -2.42. The maximum atomic E-state index is 12.6. The van der Waals surface area contributed by atoms with Crippen molar-refractivity contribution in [3.05, 3.63) is 53.7 Å². The van der Waals surface area contributed by atoms with Crippen LogP contribution in [0.3, 0.4) is 0 Å². The Bertz CT molecular complexity index is 965. The van der Waals surface area contributed by atoms with E-state index in [2.05, 4.69) is 15.4 Å². The summed E-state index contributed by atoms with van der Waals surface area (Å²) in [6, 6.07) is 11.3. The molecule has 1 N–H and O–H groups in total. The third-order valence-corrected chi connectivity index (χ3v) is 5.20. The second-order valence-electron chi connectivity index (χ2n) is 7.83. The smallest absolute Gasteiger partial charge is 0.308 e. The Morgan fingerprint density at radius 2 is 1.93 bits per heavy atom. The van der Waals surface area contributed by atoms with E-state index in [-0.39, 0.29) is 11.9 Å². The number of hydrogen-bond acceptors (Lipinski definition) is 4. The van der Waals surface area contributed by atoms with Crippen molar-refractivity contribution in [2.24, 2.45) is 10.5 Å². The molecule has 2 aliphatic rings. The van der Waals surface area contributed by atoms with Crippen molar-refractivity contribution in [2.45, 2.75) is 26.7 Å². The number of carbonyl (C=O) groups excluding carboxylic acids is 2. The van der Waals surface area contributed by atoms with Crippen molar-refractivity contribution >= 4 is 29.2 Å². The van der Waals surface area contributed by atoms with Gasteiger partial charge in [0.15, 0.2) is 0 Å². The molecule has 1 aromatic heterocycles. The van der Waals surface area contributed by atoms with E-state index >= 15 is 0 Å². The zero-order valence-electron chi connectivity index (χ0n) is 16.3. The number of benzene rings is 1. The Labute approximate surface area is 164 Å². The lowest BCUT2D eigenvalue weighted by molar-refractivity contribution is -0.139. The second kappa shape index (κ2) is 6.74. The molecule has 0 saturated heterocycles. The van der Waals surface area contributed by atoms with Gasteiger partial charge in [0.1, 0.15) is 5.82 Å². The first-order valence-electron chi connectivity index (χ1n) is 9.34. The third kappa shape index (κ3) is 3.24. The summed E-state index contributed by atoms with van der Waals surface area (Å²) < 4.78 is 0. The Hall–Kier alpha value is -3.22. The van der Waals surface area contributed by atoms with Crippen LogP contribution in [0.4, 0.5) is 16.3 Å². The van der Waals surface area contributed by atoms with E-state index in [1.807, 2.05) is 50.2 Å². The van der Waals surface area contributed by atoms with Crippen LogP contribution in [0.25, 0.3) is 0 Å². The van der Waals surface area contributed by atoms with E-state index in [4.69, 9.17) is 0 Å². The van der Waals surface area contributed by atoms with Crippen molar-refractivity contribution < 1.29 is 9.59 Å². The summed E-state index contributed by atoms with van der Waals surface area (Å²) in [4.78, 5) is 30.8. The number of nitrogens with one attached hydrogen (secondary N) is 1. The van der Waals surface area contributed by atoms with Crippen LogP contribution in [0.2, 0.25) is 0 Å². The van der Waals surface area contributed by atoms with Gasteiger partial charge in [-0.25, -0.2) is 14.8 Å². The van der Waals surface area contributed by atoms with E-state index in [9.17, 15) is 9.59 Å². The number of carbonyl (C=O) groups is 2. The Balaban J connectivity index is 1.48. The van der Waals surface area contributed by atoms with E-state index in [0.717, 1.165) is 29.1 Å². The molecule has 3 heterocycles. The molecular formula is C21H23N5O2. The summed E-state index contributed by atoms with van der Waals surface area (Å²) in [5.74, 6) is 0.739. The monoisotopic (exact) mass is 377 g/mol. The van der Waals surface area contributed by atoms with Crippen LogP contribution >= 0.6 is 0 Å². The van der Waals surface area contributed by atoms with Gasteiger partial charge >= 0.3 is 6.03 Å². The largest absolute Gasteiger partial charge is 0.327 e. The van der Waals surface area contributed by atoms with E-state index in [1.54, 1.807) is 18.1 Å². The first kappa shape index (κ1) is 18.2. The van der Waals surface area contributed by atoms with E-state index < -0.39 is 5.41 Å². The molecule has 0 atom stereocenters. The molecule has 0 spiro atoms. The predicted molar refractivity (Wildman–Crippen MR) is 108 cm³/mol. The summed E-state index contributed by atoms with van der Waals surface area (Å²) in [5, 5.41) is 8.74. The second-order valence-corrected chi connectivity index (χ2v) is 7.83. The van der Waals surface area contributed by atoms with Crippen LogP contribution in [0.15, 0.2) is 47.7 Å². The third-order valence-electron chi connectivity index (χ3n) is 5.20. The minimum Gasteiger partial charge on any atom is -0.308 e. The summed E-state index contributed by atoms with van der Waals surface area (Å²) in [7, 11) is 1.68. The Kier molecular flexibility index (Phi) is 4.37. The molecule has 1 aromatic carbocycles. The summed E-state index contributed by atoms with van der Waals surface area (Å²) in [6.07, 6.45) is 3.10. The average molecular weight is 377 g/mol. The highest BCUT2D eigenvalue weighted by molar-refractivity contribution is 6.06. The number of amides is 3. The number of hydrazone groups is 1. The molecule has 0 radical (unpaired) electrons. The van der Waals surface area contributed by atoms with Crippen molar-refractivity contribution in [1.82, 2.24) is 9.99 Å². The predicted octanol–water partition coefficient (Wildman–Crippen LogP) is 3.27. The Morgan fingerprint density at radius 1 is 1.18 bits per heavy atom. The van der Waals surface area contributed by atoms with Crippen LogP contribution < -0.4 is 10.2 Å². The van der Waals surface area contributed by atoms with E-state index in [1.165, 1.54) is 5.01 Å². The van der Waals surface area contributed by atoms with Gasteiger partial charge in [-0.1, -0.05) is 32.0 Å². The molecule has 7 heteroatoms. The van der Waals surface area contributed by atoms with Crippen LogP contribution in [0.5, 0.6) is 0 Å². The van der Waals surface area contributed by atoms with Gasteiger partial charge in [-0.2, -0.15) is 5.10 Å². The normalized spacial score (nSPS) is 18.0. The van der Waals surface area contributed by atoms with Crippen LogP contribution in [0.1, 0.15) is 31.4 Å². The van der Waals surface area contributed by atoms with Crippen molar-refractivity contribution in [2.75, 3.05) is 23.8 Å². The number of rotatable bonds is 2. The first-order chi connectivity index (χ1) is 13.3. The minimum atomic E-state index is -0.477. The fraction of sp³-hybridized carbons (Fsp3) is 0.333. The fourth-order valence-corrected chi connectivity index (χ4v) is 3.70. The Morgan fingerprint density at radius 3 is 2.64 bits per heavy atom. The van der Waals surface area contributed by atoms with Crippen LogP contribution in [0, 0.1) is 5.41 Å². The number of nitrogens with zero attached hydrogens (tertiary/aromatic N) is 4. The topological polar surface area (TPSA) is 77.9 Å². The molecule has 3 amide bonds. The zero-order chi connectivity index (χ0) is 19.9. The van der Waals surface area contributed by atoms with Gasteiger partial charge in [-0.3, -0.25) is 9.69 Å². The van der Waals surface area contributed by atoms with Gasteiger partial charge in [0.05, 0.1) is 11.1 Å². The maximum absolute atomic E-state index is 12.6.